The number of benzene rings is 1. The topological polar surface area (TPSA) is 82.2 Å². The van der Waals surface area contributed by atoms with Crippen molar-refractivity contribution in [2.45, 2.75) is 0 Å². The minimum Gasteiger partial charge on any atom is -0.465 e. The molecule has 0 atom stereocenters. The second-order valence-corrected chi connectivity index (χ2v) is 4.18. The van der Waals surface area contributed by atoms with Crippen LogP contribution in [0, 0.1) is 0 Å². The molecule has 1 aromatic carbocycles. The molecule has 0 bridgehead atoms. The fourth-order valence-electron chi connectivity index (χ4n) is 1.69. The first kappa shape index (κ1) is 13.2. The Labute approximate surface area is 115 Å². The number of ether oxygens (including phenoxy) is 1. The zero-order valence-electron chi connectivity index (χ0n) is 10.5. The van der Waals surface area contributed by atoms with Crippen molar-refractivity contribution in [3.63, 3.8) is 0 Å². The van der Waals surface area contributed by atoms with Crippen LogP contribution in [0.5, 0.6) is 0 Å². The zero-order chi connectivity index (χ0) is 14.0. The minimum atomic E-state index is -0.540. The largest absolute Gasteiger partial charge is 0.465 e. The second-order valence-electron chi connectivity index (χ2n) is 3.74. The molecule has 0 aliphatic rings. The summed E-state index contributed by atoms with van der Waals surface area (Å²) in [5, 5.41) is 7.66. The molecule has 0 saturated heterocycles. The lowest BCUT2D eigenvalue weighted by atomic mass is 10.3. The van der Waals surface area contributed by atoms with Gasteiger partial charge in [0.15, 0.2) is 5.82 Å². The lowest BCUT2D eigenvalue weighted by molar-refractivity contribution is 0.0603. The summed E-state index contributed by atoms with van der Waals surface area (Å²) in [6, 6.07) is 6.95. The van der Waals surface area contributed by atoms with Gasteiger partial charge in [-0.1, -0.05) is 11.6 Å². The van der Waals surface area contributed by atoms with Crippen LogP contribution in [0.1, 0.15) is 10.4 Å². The first-order valence-corrected chi connectivity index (χ1v) is 5.86. The van der Waals surface area contributed by atoms with Gasteiger partial charge in [0.2, 0.25) is 0 Å². The molecule has 0 saturated carbocycles. The summed E-state index contributed by atoms with van der Waals surface area (Å²) in [6.45, 7) is 0. The van der Waals surface area contributed by atoms with Crippen LogP contribution in [-0.2, 0) is 4.74 Å². The summed E-state index contributed by atoms with van der Waals surface area (Å²) in [7, 11) is 2.95. The maximum absolute atomic E-state index is 11.7. The van der Waals surface area contributed by atoms with E-state index in [0.717, 1.165) is 0 Å². The van der Waals surface area contributed by atoms with E-state index in [2.05, 4.69) is 10.4 Å². The first-order valence-electron chi connectivity index (χ1n) is 5.49. The van der Waals surface area contributed by atoms with Crippen molar-refractivity contribution >= 4 is 29.2 Å². The molecule has 0 aliphatic heterocycles. The summed E-state index contributed by atoms with van der Waals surface area (Å²) >= 11 is 5.83. The van der Waals surface area contributed by atoms with Gasteiger partial charge in [-0.3, -0.25) is 0 Å². The maximum Gasteiger partial charge on any atom is 0.345 e. The third kappa shape index (κ3) is 2.34. The highest BCUT2D eigenvalue weighted by Crippen LogP contribution is 2.25. The third-order valence-corrected chi connectivity index (χ3v) is 2.87. The predicted molar refractivity (Wildman–Crippen MR) is 73.9 cm³/mol. The van der Waals surface area contributed by atoms with Gasteiger partial charge in [-0.2, -0.15) is 0 Å². The highest BCUT2D eigenvalue weighted by molar-refractivity contribution is 6.30. The van der Waals surface area contributed by atoms with Crippen molar-refractivity contribution in [1.82, 2.24) is 9.78 Å². The summed E-state index contributed by atoms with van der Waals surface area (Å²) in [5.41, 5.74) is 6.86. The van der Waals surface area contributed by atoms with Crippen LogP contribution in [0.25, 0.3) is 5.69 Å². The van der Waals surface area contributed by atoms with Crippen molar-refractivity contribution in [2.24, 2.45) is 0 Å². The fraction of sp³-hybridized carbons (Fsp3) is 0.167. The molecule has 2 rings (SSSR count). The molecule has 0 radical (unpaired) electrons. The number of hydrogen-bond donors (Lipinski definition) is 2. The number of nitrogens with two attached hydrogens (primary N) is 1. The number of esters is 1. The van der Waals surface area contributed by atoms with Crippen molar-refractivity contribution < 1.29 is 9.53 Å². The van der Waals surface area contributed by atoms with Crippen LogP contribution in [0.3, 0.4) is 0 Å². The highest BCUT2D eigenvalue weighted by atomic mass is 35.5. The molecule has 0 unspecified atom stereocenters. The molecular weight excluding hydrogens is 268 g/mol. The average Bonchev–Trinajstić information content (AvgIpc) is 2.76. The number of nitrogen functional groups attached to an aromatic ring is 1. The maximum atomic E-state index is 11.7. The summed E-state index contributed by atoms with van der Waals surface area (Å²) in [6.07, 6.45) is 0. The summed E-state index contributed by atoms with van der Waals surface area (Å²) < 4.78 is 6.15. The zero-order valence-corrected chi connectivity index (χ0v) is 11.2. The van der Waals surface area contributed by atoms with Gasteiger partial charge in [-0.05, 0) is 24.3 Å². The number of anilines is 2. The van der Waals surface area contributed by atoms with E-state index in [9.17, 15) is 4.79 Å². The van der Waals surface area contributed by atoms with E-state index >= 15 is 0 Å². The number of nitrogens with zero attached hydrogens (tertiary/aromatic N) is 2. The van der Waals surface area contributed by atoms with Gasteiger partial charge in [-0.15, -0.1) is 5.10 Å². The second kappa shape index (κ2) is 5.19. The van der Waals surface area contributed by atoms with Crippen molar-refractivity contribution in [3.8, 4) is 5.69 Å². The van der Waals surface area contributed by atoms with Gasteiger partial charge >= 0.3 is 5.97 Å². The lowest BCUT2D eigenvalue weighted by Gasteiger charge is -2.04. The van der Waals surface area contributed by atoms with Crippen molar-refractivity contribution in [1.29, 1.82) is 0 Å². The molecule has 1 aromatic heterocycles. The first-order chi connectivity index (χ1) is 9.08. The number of rotatable bonds is 3. The Hall–Kier alpha value is -2.21. The van der Waals surface area contributed by atoms with Crippen molar-refractivity contribution in [2.75, 3.05) is 25.2 Å². The Balaban J connectivity index is 2.56. The SMILES string of the molecule is CNc1nn(-c2ccc(Cl)cc2)c(N)c1C(=O)OC. The Kier molecular flexibility index (Phi) is 3.62. The standard InChI is InChI=1S/C12H13ClN4O2/c1-15-11-9(12(18)19-2)10(14)17(16-11)8-5-3-7(13)4-6-8/h3-6H,14H2,1-2H3,(H,15,16). The smallest absolute Gasteiger partial charge is 0.345 e. The number of aromatic nitrogens is 2. The number of carbonyl (C=O) groups excluding carboxylic acids is 1. The third-order valence-electron chi connectivity index (χ3n) is 2.62. The molecule has 7 heteroatoms. The molecule has 0 amide bonds. The Morgan fingerprint density at radius 1 is 1.42 bits per heavy atom. The van der Waals surface area contributed by atoms with Crippen LogP contribution in [0.2, 0.25) is 5.02 Å². The number of hydrogen-bond acceptors (Lipinski definition) is 5. The molecule has 100 valence electrons. The predicted octanol–water partition coefficient (Wildman–Crippen LogP) is 1.94. The van der Waals surface area contributed by atoms with Crippen molar-refractivity contribution in [3.05, 3.63) is 34.9 Å². The van der Waals surface area contributed by atoms with Crippen LogP contribution in [0.4, 0.5) is 11.6 Å². The normalized spacial score (nSPS) is 10.3. The van der Waals surface area contributed by atoms with Gasteiger partial charge < -0.3 is 15.8 Å². The molecule has 6 nitrogen and oxygen atoms in total. The minimum absolute atomic E-state index is 0.207. The Morgan fingerprint density at radius 2 is 2.05 bits per heavy atom. The molecule has 0 spiro atoms. The van der Waals surface area contributed by atoms with Crippen LogP contribution < -0.4 is 11.1 Å². The van der Waals surface area contributed by atoms with E-state index in [1.165, 1.54) is 11.8 Å². The van der Waals surface area contributed by atoms with Gasteiger partial charge in [-0.25, -0.2) is 9.48 Å². The molecule has 3 N–H and O–H groups in total. The van der Waals surface area contributed by atoms with Gasteiger partial charge in [0, 0.05) is 12.1 Å². The van der Waals surface area contributed by atoms with E-state index in [4.69, 9.17) is 22.1 Å². The molecular formula is C12H13ClN4O2. The van der Waals surface area contributed by atoms with Gasteiger partial charge in [0.1, 0.15) is 11.4 Å². The average molecular weight is 281 g/mol. The van der Waals surface area contributed by atoms with E-state index in [-0.39, 0.29) is 11.4 Å². The Morgan fingerprint density at radius 3 is 2.58 bits per heavy atom. The van der Waals surface area contributed by atoms with E-state index < -0.39 is 5.97 Å². The number of nitrogens with one attached hydrogen (secondary N) is 1. The summed E-state index contributed by atoms with van der Waals surface area (Å²) in [5.74, 6) is 0.0277. The van der Waals surface area contributed by atoms with Gasteiger partial charge in [0.25, 0.3) is 0 Å². The van der Waals surface area contributed by atoms with E-state index in [1.807, 2.05) is 0 Å². The van der Waals surface area contributed by atoms with Crippen LogP contribution >= 0.6 is 11.6 Å². The number of carbonyl (C=O) groups is 1. The molecule has 19 heavy (non-hydrogen) atoms. The highest BCUT2D eigenvalue weighted by Gasteiger charge is 2.22. The van der Waals surface area contributed by atoms with Gasteiger partial charge in [0.05, 0.1) is 12.8 Å². The Bertz CT molecular complexity index is 607. The quantitative estimate of drug-likeness (QED) is 0.840. The molecule has 0 aliphatic carbocycles. The fourth-order valence-corrected chi connectivity index (χ4v) is 1.81. The van der Waals surface area contributed by atoms with Crippen LogP contribution in [-0.4, -0.2) is 29.9 Å². The lowest BCUT2D eigenvalue weighted by Crippen LogP contribution is -2.08. The number of halogens is 1. The summed E-state index contributed by atoms with van der Waals surface area (Å²) in [4.78, 5) is 11.7. The number of methoxy groups -OCH3 is 1. The van der Waals surface area contributed by atoms with E-state index in [1.54, 1.807) is 31.3 Å². The van der Waals surface area contributed by atoms with Crippen LogP contribution in [0.15, 0.2) is 24.3 Å². The molecule has 0 fully saturated rings. The monoisotopic (exact) mass is 280 g/mol. The molecule has 1 heterocycles. The molecule has 2 aromatic rings. The van der Waals surface area contributed by atoms with E-state index in [0.29, 0.717) is 16.5 Å².